The SMILES string of the molecule is CC(C)[C@@H]1OC(=O)C2(/C=C/c3ccc4ccc(nc4c3)[C@@H](C)NC(=O)[C@@H]3CCCN(N3)C(=O)[C@H](C)NC1=O)COC(=O)OC2. The number of rotatable bonds is 1. The molecule has 1 aromatic heterocycles. The predicted octanol–water partition coefficient (Wildman–Crippen LogP) is 2.16. The van der Waals surface area contributed by atoms with Gasteiger partial charge in [-0.15, -0.1) is 0 Å². The van der Waals surface area contributed by atoms with Gasteiger partial charge in [-0.2, -0.15) is 0 Å². The fourth-order valence-corrected chi connectivity index (χ4v) is 5.33. The first-order chi connectivity index (χ1) is 21.0. The molecule has 5 bridgehead atoms. The molecule has 2 saturated heterocycles. The molecule has 3 aliphatic rings. The molecule has 0 saturated carbocycles. The van der Waals surface area contributed by atoms with Crippen molar-refractivity contribution in [3.63, 3.8) is 0 Å². The molecule has 1 spiro atoms. The summed E-state index contributed by atoms with van der Waals surface area (Å²) in [5, 5.41) is 7.85. The lowest BCUT2D eigenvalue weighted by atomic mass is 9.88. The number of hydrogen-bond acceptors (Lipinski definition) is 10. The van der Waals surface area contributed by atoms with Gasteiger partial charge in [-0.1, -0.05) is 44.2 Å². The van der Waals surface area contributed by atoms with Gasteiger partial charge in [0.2, 0.25) is 5.91 Å². The van der Waals surface area contributed by atoms with Gasteiger partial charge in [0.1, 0.15) is 25.3 Å². The number of amides is 3. The largest absolute Gasteiger partial charge is 0.508 e. The number of nitrogens with zero attached hydrogens (tertiary/aromatic N) is 2. The number of carbonyl (C=O) groups excluding carboxylic acids is 5. The van der Waals surface area contributed by atoms with E-state index in [1.165, 1.54) is 11.9 Å². The van der Waals surface area contributed by atoms with Crippen molar-refractivity contribution in [2.75, 3.05) is 19.8 Å². The Labute approximate surface area is 254 Å². The van der Waals surface area contributed by atoms with Gasteiger partial charge >= 0.3 is 12.1 Å². The molecule has 13 nitrogen and oxygen atoms in total. The number of benzene rings is 1. The van der Waals surface area contributed by atoms with E-state index in [-0.39, 0.29) is 19.1 Å². The molecule has 4 atom stereocenters. The van der Waals surface area contributed by atoms with Crippen LogP contribution in [0.4, 0.5) is 4.79 Å². The quantitative estimate of drug-likeness (QED) is 0.409. The first kappa shape index (κ1) is 30.9. The van der Waals surface area contributed by atoms with Crippen LogP contribution in [0.3, 0.4) is 0 Å². The zero-order valence-electron chi connectivity index (χ0n) is 25.1. The third-order valence-corrected chi connectivity index (χ3v) is 8.03. The number of hydrazine groups is 1. The maximum atomic E-state index is 13.7. The molecular formula is C31H37N5O8. The van der Waals surface area contributed by atoms with Gasteiger partial charge in [-0.3, -0.25) is 29.2 Å². The molecule has 3 aliphatic heterocycles. The maximum Gasteiger partial charge on any atom is 0.508 e. The molecule has 5 rings (SSSR count). The summed E-state index contributed by atoms with van der Waals surface area (Å²) in [7, 11) is 0. The average Bonchev–Trinajstić information content (AvgIpc) is 3.01. The molecule has 3 amide bonds. The Hall–Kier alpha value is -4.52. The van der Waals surface area contributed by atoms with Crippen molar-refractivity contribution in [1.82, 2.24) is 26.1 Å². The molecule has 4 heterocycles. The van der Waals surface area contributed by atoms with E-state index in [0.29, 0.717) is 36.2 Å². The highest BCUT2D eigenvalue weighted by Crippen LogP contribution is 2.30. The van der Waals surface area contributed by atoms with Crippen LogP contribution in [0.25, 0.3) is 17.0 Å². The highest BCUT2D eigenvalue weighted by molar-refractivity contribution is 5.92. The van der Waals surface area contributed by atoms with Crippen molar-refractivity contribution in [1.29, 1.82) is 0 Å². The normalized spacial score (nSPS) is 27.3. The number of cyclic esters (lactones) is 3. The number of pyridine rings is 1. The molecule has 13 heteroatoms. The fraction of sp³-hybridized carbons (Fsp3) is 0.484. The summed E-state index contributed by atoms with van der Waals surface area (Å²) in [6.07, 6.45) is 2.15. The van der Waals surface area contributed by atoms with Gasteiger partial charge in [-0.25, -0.2) is 10.2 Å². The summed E-state index contributed by atoms with van der Waals surface area (Å²) in [6, 6.07) is 7.25. The molecule has 3 N–H and O–H groups in total. The lowest BCUT2D eigenvalue weighted by molar-refractivity contribution is -0.174. The summed E-state index contributed by atoms with van der Waals surface area (Å²) in [6.45, 7) is 6.42. The summed E-state index contributed by atoms with van der Waals surface area (Å²) >= 11 is 0. The number of fused-ring (bicyclic) bond motifs is 4. The minimum atomic E-state index is -1.53. The van der Waals surface area contributed by atoms with Crippen LogP contribution in [0.15, 0.2) is 36.4 Å². The highest BCUT2D eigenvalue weighted by Gasteiger charge is 2.46. The summed E-state index contributed by atoms with van der Waals surface area (Å²) < 4.78 is 15.9. The van der Waals surface area contributed by atoms with Crippen molar-refractivity contribution in [2.24, 2.45) is 11.3 Å². The molecular weight excluding hydrogens is 570 g/mol. The number of nitrogens with one attached hydrogen (secondary N) is 3. The average molecular weight is 608 g/mol. The Balaban J connectivity index is 1.53. The van der Waals surface area contributed by atoms with Crippen molar-refractivity contribution < 1.29 is 38.2 Å². The molecule has 1 aromatic carbocycles. The van der Waals surface area contributed by atoms with Gasteiger partial charge in [0, 0.05) is 11.9 Å². The van der Waals surface area contributed by atoms with E-state index in [9.17, 15) is 24.0 Å². The monoisotopic (exact) mass is 607 g/mol. The van der Waals surface area contributed by atoms with Gasteiger partial charge < -0.3 is 24.8 Å². The molecule has 0 aliphatic carbocycles. The van der Waals surface area contributed by atoms with E-state index in [0.717, 1.165) is 5.39 Å². The standard InChI is InChI=1S/C31H37N5O8/c1-17(2)25-27(38)33-19(4)28(39)36-13-5-6-23(35-36)26(37)32-18(3)22-10-9-21-8-7-20(14-24(21)34-22)11-12-31(29(40)44-25)15-42-30(41)43-16-31/h7-12,14,17-19,23,25,35H,5-6,13,15-16H2,1-4H3,(H,32,37)(H,33,38)/b12-11+/t18-,19+,23+,25+/m1/s1. The second kappa shape index (κ2) is 12.6. The van der Waals surface area contributed by atoms with Crippen LogP contribution in [0.1, 0.15) is 57.8 Å². The van der Waals surface area contributed by atoms with Crippen molar-refractivity contribution in [2.45, 2.75) is 64.8 Å². The second-order valence-electron chi connectivity index (χ2n) is 11.8. The fourth-order valence-electron chi connectivity index (χ4n) is 5.33. The topological polar surface area (TPSA) is 165 Å². The number of hydrogen-bond donors (Lipinski definition) is 3. The second-order valence-corrected chi connectivity index (χ2v) is 11.8. The molecule has 44 heavy (non-hydrogen) atoms. The first-order valence-corrected chi connectivity index (χ1v) is 14.7. The van der Waals surface area contributed by atoms with Crippen LogP contribution in [0, 0.1) is 11.3 Å². The Morgan fingerprint density at radius 3 is 2.39 bits per heavy atom. The third kappa shape index (κ3) is 6.52. The Kier molecular flexibility index (Phi) is 8.86. The number of ether oxygens (including phenoxy) is 3. The predicted molar refractivity (Wildman–Crippen MR) is 157 cm³/mol. The Morgan fingerprint density at radius 1 is 0.955 bits per heavy atom. The van der Waals surface area contributed by atoms with E-state index in [1.54, 1.807) is 26.0 Å². The summed E-state index contributed by atoms with van der Waals surface area (Å²) in [5.74, 6) is -2.66. The number of esters is 1. The van der Waals surface area contributed by atoms with Crippen LogP contribution >= 0.6 is 0 Å². The smallest absolute Gasteiger partial charge is 0.451 e. The molecule has 234 valence electrons. The summed E-state index contributed by atoms with van der Waals surface area (Å²) in [5.41, 5.74) is 3.47. The minimum absolute atomic E-state index is 0.274. The molecule has 0 unspecified atom stereocenters. The van der Waals surface area contributed by atoms with Crippen LogP contribution in [-0.2, 0) is 33.4 Å². The van der Waals surface area contributed by atoms with Crippen LogP contribution in [0.5, 0.6) is 0 Å². The van der Waals surface area contributed by atoms with Gasteiger partial charge in [0.25, 0.3) is 11.8 Å². The maximum absolute atomic E-state index is 13.7. The first-order valence-electron chi connectivity index (χ1n) is 14.7. The van der Waals surface area contributed by atoms with Gasteiger partial charge in [0.15, 0.2) is 11.5 Å². The number of aromatic nitrogens is 1. The van der Waals surface area contributed by atoms with E-state index >= 15 is 0 Å². The van der Waals surface area contributed by atoms with Gasteiger partial charge in [0.05, 0.1) is 17.3 Å². The van der Waals surface area contributed by atoms with E-state index in [2.05, 4.69) is 16.1 Å². The lowest BCUT2D eigenvalue weighted by Gasteiger charge is -2.35. The van der Waals surface area contributed by atoms with E-state index in [1.807, 2.05) is 37.3 Å². The van der Waals surface area contributed by atoms with Crippen LogP contribution in [0.2, 0.25) is 0 Å². The molecule has 2 fully saturated rings. The highest BCUT2D eigenvalue weighted by atomic mass is 16.7. The van der Waals surface area contributed by atoms with Crippen molar-refractivity contribution >= 4 is 46.8 Å². The summed E-state index contributed by atoms with van der Waals surface area (Å²) in [4.78, 5) is 70.0. The Morgan fingerprint density at radius 2 is 1.66 bits per heavy atom. The van der Waals surface area contributed by atoms with E-state index in [4.69, 9.17) is 19.2 Å². The molecule has 0 radical (unpaired) electrons. The third-order valence-electron chi connectivity index (χ3n) is 8.03. The Bertz CT molecular complexity index is 1500. The zero-order valence-corrected chi connectivity index (χ0v) is 25.1. The zero-order chi connectivity index (χ0) is 31.6. The van der Waals surface area contributed by atoms with Crippen molar-refractivity contribution in [3.05, 3.63) is 47.7 Å². The van der Waals surface area contributed by atoms with E-state index < -0.39 is 59.5 Å². The number of carbonyl (C=O) groups is 5. The molecule has 2 aromatic rings. The lowest BCUT2D eigenvalue weighted by Crippen LogP contribution is -2.61. The minimum Gasteiger partial charge on any atom is -0.451 e. The van der Waals surface area contributed by atoms with Crippen LogP contribution < -0.4 is 16.1 Å². The van der Waals surface area contributed by atoms with Crippen molar-refractivity contribution in [3.8, 4) is 0 Å². The van der Waals surface area contributed by atoms with Crippen LogP contribution in [-0.4, -0.2) is 77.8 Å². The van der Waals surface area contributed by atoms with Gasteiger partial charge in [-0.05, 0) is 50.3 Å².